The molecule has 78 valence electrons. The van der Waals surface area contributed by atoms with E-state index >= 15 is 0 Å². The molecule has 0 bridgehead atoms. The van der Waals surface area contributed by atoms with E-state index in [-0.39, 0.29) is 5.82 Å². The summed E-state index contributed by atoms with van der Waals surface area (Å²) in [4.78, 5) is 2.15. The number of rotatable bonds is 5. The molecule has 1 rings (SSSR count). The van der Waals surface area contributed by atoms with Crippen LogP contribution in [0, 0.1) is 5.82 Å². The largest absolute Gasteiger partial charge is 0.302 e. The summed E-state index contributed by atoms with van der Waals surface area (Å²) in [5.74, 6) is -0.101. The van der Waals surface area contributed by atoms with Crippen LogP contribution in [0.25, 0.3) is 0 Å². The number of halogens is 1. The van der Waals surface area contributed by atoms with Crippen LogP contribution in [-0.2, 0) is 6.54 Å². The normalized spacial score (nSPS) is 10.9. The molecule has 1 aromatic rings. The van der Waals surface area contributed by atoms with Gasteiger partial charge in [0.1, 0.15) is 5.82 Å². The molecule has 0 saturated carbocycles. The van der Waals surface area contributed by atoms with Gasteiger partial charge >= 0.3 is 0 Å². The van der Waals surface area contributed by atoms with Crippen LogP contribution in [0.2, 0.25) is 0 Å². The lowest BCUT2D eigenvalue weighted by Gasteiger charge is -2.16. The lowest BCUT2D eigenvalue weighted by Crippen LogP contribution is -2.19. The standard InChI is InChI=1S/C12H18FN/c1-3-4-9-14(2)10-11-7-5-6-8-12(11)13/h5-8H,3-4,9-10H2,1-2H3. The Hall–Kier alpha value is -0.890. The van der Waals surface area contributed by atoms with Crippen molar-refractivity contribution in [2.75, 3.05) is 13.6 Å². The van der Waals surface area contributed by atoms with Gasteiger partial charge in [-0.15, -0.1) is 0 Å². The van der Waals surface area contributed by atoms with E-state index in [2.05, 4.69) is 11.8 Å². The molecule has 0 saturated heterocycles. The first-order valence-electron chi connectivity index (χ1n) is 5.16. The summed E-state index contributed by atoms with van der Waals surface area (Å²) in [6, 6.07) is 6.97. The monoisotopic (exact) mass is 195 g/mol. The summed E-state index contributed by atoms with van der Waals surface area (Å²) >= 11 is 0. The molecule has 0 radical (unpaired) electrons. The van der Waals surface area contributed by atoms with Crippen molar-refractivity contribution in [3.63, 3.8) is 0 Å². The van der Waals surface area contributed by atoms with Crippen LogP contribution in [0.1, 0.15) is 25.3 Å². The Morgan fingerprint density at radius 2 is 2.00 bits per heavy atom. The zero-order chi connectivity index (χ0) is 10.4. The average molecular weight is 195 g/mol. The number of nitrogens with zero attached hydrogens (tertiary/aromatic N) is 1. The quantitative estimate of drug-likeness (QED) is 0.698. The van der Waals surface area contributed by atoms with Crippen LogP contribution in [-0.4, -0.2) is 18.5 Å². The topological polar surface area (TPSA) is 3.24 Å². The van der Waals surface area contributed by atoms with Gasteiger partial charge in [-0.1, -0.05) is 31.5 Å². The summed E-state index contributed by atoms with van der Waals surface area (Å²) in [6.45, 7) is 3.90. The Morgan fingerprint density at radius 1 is 1.29 bits per heavy atom. The highest BCUT2D eigenvalue weighted by Gasteiger charge is 2.03. The van der Waals surface area contributed by atoms with Crippen LogP contribution in [0.5, 0.6) is 0 Å². The Morgan fingerprint density at radius 3 is 2.64 bits per heavy atom. The zero-order valence-corrected chi connectivity index (χ0v) is 8.96. The van der Waals surface area contributed by atoms with Crippen molar-refractivity contribution < 1.29 is 4.39 Å². The lowest BCUT2D eigenvalue weighted by molar-refractivity contribution is 0.315. The fourth-order valence-electron chi connectivity index (χ4n) is 1.42. The fraction of sp³-hybridized carbons (Fsp3) is 0.500. The van der Waals surface area contributed by atoms with Crippen LogP contribution in [0.15, 0.2) is 24.3 Å². The highest BCUT2D eigenvalue weighted by atomic mass is 19.1. The van der Waals surface area contributed by atoms with Crippen molar-refractivity contribution in [2.45, 2.75) is 26.3 Å². The van der Waals surface area contributed by atoms with E-state index in [1.54, 1.807) is 6.07 Å². The molecule has 0 spiro atoms. The summed E-state index contributed by atoms with van der Waals surface area (Å²) in [7, 11) is 2.03. The minimum atomic E-state index is -0.101. The molecule has 1 nitrogen and oxygen atoms in total. The van der Waals surface area contributed by atoms with E-state index in [9.17, 15) is 4.39 Å². The Labute approximate surface area is 85.5 Å². The Balaban J connectivity index is 2.47. The van der Waals surface area contributed by atoms with Crippen molar-refractivity contribution in [1.29, 1.82) is 0 Å². The first-order chi connectivity index (χ1) is 6.74. The molecule has 0 amide bonds. The number of hydrogen-bond donors (Lipinski definition) is 0. The first-order valence-corrected chi connectivity index (χ1v) is 5.16. The number of hydrogen-bond acceptors (Lipinski definition) is 1. The second-order valence-corrected chi connectivity index (χ2v) is 3.68. The third-order valence-corrected chi connectivity index (χ3v) is 2.29. The summed E-state index contributed by atoms with van der Waals surface area (Å²) in [5.41, 5.74) is 0.783. The molecule has 0 N–H and O–H groups in total. The summed E-state index contributed by atoms with van der Waals surface area (Å²) in [5, 5.41) is 0. The van der Waals surface area contributed by atoms with Gasteiger partial charge in [-0.3, -0.25) is 0 Å². The molecule has 2 heteroatoms. The lowest BCUT2D eigenvalue weighted by atomic mass is 10.2. The van der Waals surface area contributed by atoms with E-state index in [0.717, 1.165) is 12.1 Å². The van der Waals surface area contributed by atoms with Gasteiger partial charge in [0, 0.05) is 12.1 Å². The minimum Gasteiger partial charge on any atom is -0.302 e. The highest BCUT2D eigenvalue weighted by Crippen LogP contribution is 2.09. The van der Waals surface area contributed by atoms with E-state index in [1.165, 1.54) is 18.9 Å². The number of benzene rings is 1. The fourth-order valence-corrected chi connectivity index (χ4v) is 1.42. The van der Waals surface area contributed by atoms with Gasteiger partial charge in [-0.25, -0.2) is 4.39 Å². The molecule has 0 heterocycles. The molecule has 0 aliphatic heterocycles. The first kappa shape index (κ1) is 11.2. The Kier molecular flexibility index (Phi) is 4.60. The van der Waals surface area contributed by atoms with Gasteiger partial charge in [0.15, 0.2) is 0 Å². The van der Waals surface area contributed by atoms with Gasteiger partial charge in [0.05, 0.1) is 0 Å². The molecule has 0 fully saturated rings. The summed E-state index contributed by atoms with van der Waals surface area (Å²) < 4.78 is 13.2. The zero-order valence-electron chi connectivity index (χ0n) is 8.96. The second kappa shape index (κ2) is 5.76. The average Bonchev–Trinajstić information content (AvgIpc) is 2.18. The molecular weight excluding hydrogens is 177 g/mol. The molecule has 14 heavy (non-hydrogen) atoms. The van der Waals surface area contributed by atoms with Crippen molar-refractivity contribution >= 4 is 0 Å². The second-order valence-electron chi connectivity index (χ2n) is 3.68. The third kappa shape index (κ3) is 3.46. The maximum Gasteiger partial charge on any atom is 0.127 e. The van der Waals surface area contributed by atoms with Crippen molar-refractivity contribution in [3.05, 3.63) is 35.6 Å². The van der Waals surface area contributed by atoms with E-state index < -0.39 is 0 Å². The molecular formula is C12H18FN. The van der Waals surface area contributed by atoms with Gasteiger partial charge in [-0.05, 0) is 26.1 Å². The predicted molar refractivity (Wildman–Crippen MR) is 57.6 cm³/mol. The highest BCUT2D eigenvalue weighted by molar-refractivity contribution is 5.16. The molecule has 1 aromatic carbocycles. The summed E-state index contributed by atoms with van der Waals surface area (Å²) in [6.07, 6.45) is 2.35. The van der Waals surface area contributed by atoms with Crippen molar-refractivity contribution in [3.8, 4) is 0 Å². The molecule has 0 unspecified atom stereocenters. The minimum absolute atomic E-state index is 0.101. The van der Waals surface area contributed by atoms with Crippen LogP contribution >= 0.6 is 0 Å². The Bertz CT molecular complexity index is 273. The van der Waals surface area contributed by atoms with Crippen LogP contribution < -0.4 is 0 Å². The van der Waals surface area contributed by atoms with Crippen LogP contribution in [0.3, 0.4) is 0 Å². The van der Waals surface area contributed by atoms with Crippen molar-refractivity contribution in [2.24, 2.45) is 0 Å². The predicted octanol–water partition coefficient (Wildman–Crippen LogP) is 3.06. The molecule has 0 aliphatic carbocycles. The van der Waals surface area contributed by atoms with E-state index in [4.69, 9.17) is 0 Å². The maximum atomic E-state index is 13.2. The van der Waals surface area contributed by atoms with E-state index in [0.29, 0.717) is 6.54 Å². The van der Waals surface area contributed by atoms with Gasteiger partial charge in [0.2, 0.25) is 0 Å². The number of unbranched alkanes of at least 4 members (excludes halogenated alkanes) is 1. The van der Waals surface area contributed by atoms with Crippen molar-refractivity contribution in [1.82, 2.24) is 4.90 Å². The van der Waals surface area contributed by atoms with Gasteiger partial charge in [0.25, 0.3) is 0 Å². The smallest absolute Gasteiger partial charge is 0.127 e. The van der Waals surface area contributed by atoms with Gasteiger partial charge < -0.3 is 4.90 Å². The van der Waals surface area contributed by atoms with Crippen LogP contribution in [0.4, 0.5) is 4.39 Å². The SMILES string of the molecule is CCCCN(C)Cc1ccccc1F. The van der Waals surface area contributed by atoms with E-state index in [1.807, 2.05) is 19.2 Å². The van der Waals surface area contributed by atoms with Gasteiger partial charge in [-0.2, -0.15) is 0 Å². The molecule has 0 atom stereocenters. The third-order valence-electron chi connectivity index (χ3n) is 2.29. The molecule has 0 aliphatic rings. The maximum absolute atomic E-state index is 13.2. The molecule has 0 aromatic heterocycles.